The van der Waals surface area contributed by atoms with E-state index in [1.54, 1.807) is 25.3 Å². The van der Waals surface area contributed by atoms with Gasteiger partial charge in [-0.3, -0.25) is 0 Å². The highest BCUT2D eigenvalue weighted by atomic mass is 16.5. The van der Waals surface area contributed by atoms with Crippen LogP contribution in [-0.4, -0.2) is 17.3 Å². The fourth-order valence-electron chi connectivity index (χ4n) is 2.09. The van der Waals surface area contributed by atoms with Gasteiger partial charge < -0.3 is 14.9 Å². The summed E-state index contributed by atoms with van der Waals surface area (Å²) < 4.78 is 5.23. The molecule has 0 saturated heterocycles. The highest BCUT2D eigenvalue weighted by Gasteiger charge is 2.08. The van der Waals surface area contributed by atoms with Crippen LogP contribution in [0.15, 0.2) is 36.4 Å². The summed E-state index contributed by atoms with van der Waals surface area (Å²) in [5.41, 5.74) is 2.64. The van der Waals surface area contributed by atoms with Gasteiger partial charge in [0.15, 0.2) is 0 Å². The number of phenols is 2. The van der Waals surface area contributed by atoms with E-state index in [4.69, 9.17) is 4.74 Å². The molecule has 0 aromatic heterocycles. The van der Waals surface area contributed by atoms with Gasteiger partial charge >= 0.3 is 0 Å². The number of methoxy groups -OCH3 is 1. The second kappa shape index (κ2) is 5.65. The fourth-order valence-corrected chi connectivity index (χ4v) is 2.09. The van der Waals surface area contributed by atoms with Gasteiger partial charge in [0.1, 0.15) is 17.2 Å². The van der Waals surface area contributed by atoms with Gasteiger partial charge in [0.25, 0.3) is 0 Å². The Labute approximate surface area is 113 Å². The quantitative estimate of drug-likeness (QED) is 0.885. The summed E-state index contributed by atoms with van der Waals surface area (Å²) in [5.74, 6) is 1.24. The van der Waals surface area contributed by atoms with Crippen LogP contribution in [0, 0.1) is 6.92 Å². The van der Waals surface area contributed by atoms with E-state index in [1.807, 2.05) is 25.1 Å². The largest absolute Gasteiger partial charge is 0.508 e. The first-order valence-electron chi connectivity index (χ1n) is 6.25. The van der Waals surface area contributed by atoms with Gasteiger partial charge in [0.2, 0.25) is 0 Å². The van der Waals surface area contributed by atoms with Gasteiger partial charge in [-0.05, 0) is 49.1 Å². The van der Waals surface area contributed by atoms with E-state index in [1.165, 1.54) is 0 Å². The number of rotatable bonds is 4. The fraction of sp³-hybridized carbons (Fsp3) is 0.250. The lowest BCUT2D eigenvalue weighted by atomic mass is 10.0. The molecule has 3 nitrogen and oxygen atoms in total. The van der Waals surface area contributed by atoms with Crippen LogP contribution in [-0.2, 0) is 12.8 Å². The molecule has 19 heavy (non-hydrogen) atoms. The van der Waals surface area contributed by atoms with Crippen molar-refractivity contribution in [2.24, 2.45) is 0 Å². The summed E-state index contributed by atoms with van der Waals surface area (Å²) >= 11 is 0. The minimum atomic E-state index is 0.242. The average molecular weight is 258 g/mol. The van der Waals surface area contributed by atoms with Crippen molar-refractivity contribution in [2.75, 3.05) is 7.11 Å². The Balaban J connectivity index is 2.16. The zero-order valence-corrected chi connectivity index (χ0v) is 11.2. The lowest BCUT2D eigenvalue weighted by molar-refractivity contribution is 0.402. The van der Waals surface area contributed by atoms with Crippen LogP contribution in [0.1, 0.15) is 16.7 Å². The van der Waals surface area contributed by atoms with Crippen molar-refractivity contribution in [1.82, 2.24) is 0 Å². The molecule has 3 heteroatoms. The van der Waals surface area contributed by atoms with Gasteiger partial charge in [0, 0.05) is 5.56 Å². The molecule has 2 rings (SSSR count). The van der Waals surface area contributed by atoms with Crippen LogP contribution < -0.4 is 4.74 Å². The Morgan fingerprint density at radius 3 is 2.42 bits per heavy atom. The molecule has 2 N–H and O–H groups in total. The summed E-state index contributed by atoms with van der Waals surface area (Å²) in [4.78, 5) is 0. The maximum absolute atomic E-state index is 9.83. The Bertz CT molecular complexity index is 576. The van der Waals surface area contributed by atoms with Crippen molar-refractivity contribution < 1.29 is 14.9 Å². The Hall–Kier alpha value is -2.16. The first-order valence-corrected chi connectivity index (χ1v) is 6.25. The molecule has 0 radical (unpaired) electrons. The first-order chi connectivity index (χ1) is 9.11. The molecular formula is C16H18O3. The van der Waals surface area contributed by atoms with Gasteiger partial charge in [-0.15, -0.1) is 0 Å². The van der Waals surface area contributed by atoms with E-state index in [0.29, 0.717) is 11.5 Å². The Morgan fingerprint density at radius 2 is 1.74 bits per heavy atom. The molecule has 0 bridgehead atoms. The second-order valence-electron chi connectivity index (χ2n) is 4.57. The van der Waals surface area contributed by atoms with Crippen molar-refractivity contribution in [2.45, 2.75) is 19.8 Å². The lowest BCUT2D eigenvalue weighted by Crippen LogP contribution is -1.95. The molecule has 0 spiro atoms. The third-order valence-corrected chi connectivity index (χ3v) is 3.29. The predicted molar refractivity (Wildman–Crippen MR) is 74.9 cm³/mol. The molecule has 0 aliphatic rings. The molecule has 0 aliphatic heterocycles. The van der Waals surface area contributed by atoms with Gasteiger partial charge in [-0.25, -0.2) is 0 Å². The van der Waals surface area contributed by atoms with Crippen LogP contribution in [0.4, 0.5) is 0 Å². The van der Waals surface area contributed by atoms with Crippen molar-refractivity contribution >= 4 is 0 Å². The van der Waals surface area contributed by atoms with E-state index in [-0.39, 0.29) is 5.75 Å². The van der Waals surface area contributed by atoms with E-state index < -0.39 is 0 Å². The molecule has 0 aliphatic carbocycles. The lowest BCUT2D eigenvalue weighted by Gasteiger charge is -2.10. The van der Waals surface area contributed by atoms with E-state index in [2.05, 4.69) is 0 Å². The van der Waals surface area contributed by atoms with Crippen LogP contribution in [0.3, 0.4) is 0 Å². The summed E-state index contributed by atoms with van der Waals surface area (Å²) in [5, 5.41) is 19.5. The SMILES string of the molecule is COc1cc(CCc2ccccc2O)cc(O)c1C. The number of phenolic OH excluding ortho intramolecular Hbond substituents is 2. The minimum absolute atomic E-state index is 0.242. The summed E-state index contributed by atoms with van der Waals surface area (Å²) in [7, 11) is 1.59. The molecule has 0 fully saturated rings. The number of para-hydroxylation sites is 1. The Kier molecular flexibility index (Phi) is 3.95. The number of ether oxygens (including phenoxy) is 1. The molecule has 0 atom stereocenters. The number of aromatic hydroxyl groups is 2. The molecule has 0 saturated carbocycles. The zero-order chi connectivity index (χ0) is 13.8. The van der Waals surface area contributed by atoms with Crippen LogP contribution in [0.2, 0.25) is 0 Å². The predicted octanol–water partition coefficient (Wildman–Crippen LogP) is 3.20. The van der Waals surface area contributed by atoms with Gasteiger partial charge in [-0.1, -0.05) is 18.2 Å². The summed E-state index contributed by atoms with van der Waals surface area (Å²) in [6.07, 6.45) is 1.46. The maximum atomic E-state index is 9.83. The topological polar surface area (TPSA) is 49.7 Å². The van der Waals surface area contributed by atoms with Crippen LogP contribution >= 0.6 is 0 Å². The maximum Gasteiger partial charge on any atom is 0.125 e. The molecule has 2 aromatic carbocycles. The van der Waals surface area contributed by atoms with Crippen LogP contribution in [0.25, 0.3) is 0 Å². The second-order valence-corrected chi connectivity index (χ2v) is 4.57. The van der Waals surface area contributed by atoms with E-state index in [0.717, 1.165) is 29.5 Å². The highest BCUT2D eigenvalue weighted by molar-refractivity contribution is 5.46. The standard InChI is InChI=1S/C16H18O3/c1-11-15(18)9-12(10-16(11)19-2)7-8-13-5-3-4-6-14(13)17/h3-6,9-10,17-18H,7-8H2,1-2H3. The summed E-state index contributed by atoms with van der Waals surface area (Å²) in [6, 6.07) is 11.0. The third kappa shape index (κ3) is 2.99. The molecular weight excluding hydrogens is 240 g/mol. The van der Waals surface area contributed by atoms with Crippen molar-refractivity contribution in [3.8, 4) is 17.2 Å². The molecule has 0 heterocycles. The Morgan fingerprint density at radius 1 is 1.00 bits per heavy atom. The number of benzene rings is 2. The van der Waals surface area contributed by atoms with Crippen molar-refractivity contribution in [1.29, 1.82) is 0 Å². The average Bonchev–Trinajstić information content (AvgIpc) is 2.41. The first kappa shape index (κ1) is 13.3. The van der Waals surface area contributed by atoms with E-state index >= 15 is 0 Å². The van der Waals surface area contributed by atoms with Crippen molar-refractivity contribution in [3.63, 3.8) is 0 Å². The normalized spacial score (nSPS) is 10.4. The van der Waals surface area contributed by atoms with Crippen LogP contribution in [0.5, 0.6) is 17.2 Å². The van der Waals surface area contributed by atoms with E-state index in [9.17, 15) is 10.2 Å². The van der Waals surface area contributed by atoms with Gasteiger partial charge in [0.05, 0.1) is 7.11 Å². The zero-order valence-electron chi connectivity index (χ0n) is 11.2. The number of hydrogen-bond acceptors (Lipinski definition) is 3. The van der Waals surface area contributed by atoms with Crippen molar-refractivity contribution in [3.05, 3.63) is 53.1 Å². The smallest absolute Gasteiger partial charge is 0.125 e. The number of hydrogen-bond donors (Lipinski definition) is 2. The molecule has 2 aromatic rings. The third-order valence-electron chi connectivity index (χ3n) is 3.29. The molecule has 0 amide bonds. The monoisotopic (exact) mass is 258 g/mol. The summed E-state index contributed by atoms with van der Waals surface area (Å²) in [6.45, 7) is 1.82. The molecule has 100 valence electrons. The van der Waals surface area contributed by atoms with Gasteiger partial charge in [-0.2, -0.15) is 0 Å². The number of aryl methyl sites for hydroxylation is 2. The minimum Gasteiger partial charge on any atom is -0.508 e. The molecule has 0 unspecified atom stereocenters. The highest BCUT2D eigenvalue weighted by Crippen LogP contribution is 2.29.